The molecule has 0 aliphatic heterocycles. The fourth-order valence-electron chi connectivity index (χ4n) is 4.21. The highest BCUT2D eigenvalue weighted by atomic mass is 16.5. The van der Waals surface area contributed by atoms with Crippen molar-refractivity contribution in [3.05, 3.63) is 12.2 Å². The molecule has 0 aromatic heterocycles. The van der Waals surface area contributed by atoms with E-state index in [1.54, 1.807) is 0 Å². The van der Waals surface area contributed by atoms with Gasteiger partial charge in [-0.05, 0) is 64.2 Å². The van der Waals surface area contributed by atoms with Crippen molar-refractivity contribution in [3.8, 4) is 0 Å². The van der Waals surface area contributed by atoms with E-state index in [0.29, 0.717) is 12.8 Å². The molecule has 1 atom stereocenters. The van der Waals surface area contributed by atoms with Crippen molar-refractivity contribution in [2.45, 2.75) is 155 Å². The van der Waals surface area contributed by atoms with Crippen molar-refractivity contribution in [1.82, 2.24) is 5.32 Å². The highest BCUT2D eigenvalue weighted by molar-refractivity contribution is 5.80. The third-order valence-electron chi connectivity index (χ3n) is 6.44. The van der Waals surface area contributed by atoms with Gasteiger partial charge in [-0.25, -0.2) is 0 Å². The molecule has 2 N–H and O–H groups in total. The van der Waals surface area contributed by atoms with E-state index in [0.717, 1.165) is 51.4 Å². The van der Waals surface area contributed by atoms with Crippen molar-refractivity contribution >= 4 is 17.8 Å². The normalized spacial score (nSPS) is 12.1. The number of carbonyl (C=O) groups excluding carboxylic acids is 2. The Hall–Kier alpha value is -1.85. The molecule has 0 fully saturated rings. The summed E-state index contributed by atoms with van der Waals surface area (Å²) in [7, 11) is 0. The Labute approximate surface area is 221 Å². The van der Waals surface area contributed by atoms with Crippen molar-refractivity contribution < 1.29 is 24.2 Å². The molecule has 0 heterocycles. The number of esters is 1. The maximum atomic E-state index is 12.4. The average molecular weight is 510 g/mol. The van der Waals surface area contributed by atoms with Crippen LogP contribution in [0.15, 0.2) is 12.2 Å². The van der Waals surface area contributed by atoms with Gasteiger partial charge in [0, 0.05) is 12.8 Å². The Morgan fingerprint density at radius 1 is 0.694 bits per heavy atom. The van der Waals surface area contributed by atoms with Gasteiger partial charge in [0.2, 0.25) is 5.91 Å². The van der Waals surface area contributed by atoms with Gasteiger partial charge < -0.3 is 15.2 Å². The van der Waals surface area contributed by atoms with Gasteiger partial charge in [0.1, 0.15) is 12.6 Å². The van der Waals surface area contributed by atoms with Gasteiger partial charge in [-0.15, -0.1) is 0 Å². The second-order valence-corrected chi connectivity index (χ2v) is 10.0. The number of allylic oxidation sites excluding steroid dienone is 2. The third-order valence-corrected chi connectivity index (χ3v) is 6.44. The molecule has 0 saturated carbocycles. The summed E-state index contributed by atoms with van der Waals surface area (Å²) < 4.78 is 5.83. The quantitative estimate of drug-likeness (QED) is 0.0702. The molecular formula is C30H55NO5. The summed E-state index contributed by atoms with van der Waals surface area (Å²) >= 11 is 0. The minimum absolute atomic E-state index is 0.0284. The monoisotopic (exact) mass is 509 g/mol. The van der Waals surface area contributed by atoms with Crippen LogP contribution in [0.5, 0.6) is 0 Å². The molecule has 1 amide bonds. The molecular weight excluding hydrogens is 454 g/mol. The van der Waals surface area contributed by atoms with Crippen LogP contribution in [-0.4, -0.2) is 35.6 Å². The maximum Gasteiger partial charge on any atom is 0.322 e. The summed E-state index contributed by atoms with van der Waals surface area (Å²) in [4.78, 5) is 34.5. The second kappa shape index (κ2) is 26.2. The van der Waals surface area contributed by atoms with Crippen molar-refractivity contribution in [2.24, 2.45) is 0 Å². The van der Waals surface area contributed by atoms with Crippen LogP contribution in [0.4, 0.5) is 0 Å². The minimum Gasteiger partial charge on any atom is -0.480 e. The summed E-state index contributed by atoms with van der Waals surface area (Å²) in [6.07, 6.45) is 26.3. The number of unbranched alkanes of at least 4 members (excludes halogenated alkanes) is 13. The van der Waals surface area contributed by atoms with Gasteiger partial charge in [0.05, 0.1) is 0 Å². The highest BCUT2D eigenvalue weighted by Crippen LogP contribution is 2.17. The standard InChI is InChI=1S/C30H55NO5/c1-3-5-7-9-10-11-12-13-14-15-16-21-25-30(35)36-27(22-18-8-6-4-2)23-19-17-20-24-28(32)31-26-29(33)34/h10-11,27H,3-9,12-26H2,1-2H3,(H,31,32)(H,33,34)/b11-10-. The number of amides is 1. The van der Waals surface area contributed by atoms with E-state index in [1.807, 2.05) is 0 Å². The fraction of sp³-hybridized carbons (Fsp3) is 0.833. The Morgan fingerprint density at radius 3 is 1.83 bits per heavy atom. The third kappa shape index (κ3) is 25.2. The highest BCUT2D eigenvalue weighted by Gasteiger charge is 2.14. The van der Waals surface area contributed by atoms with Crippen LogP contribution in [0.2, 0.25) is 0 Å². The number of rotatable bonds is 26. The first-order valence-corrected chi connectivity index (χ1v) is 14.8. The lowest BCUT2D eigenvalue weighted by Gasteiger charge is -2.18. The predicted molar refractivity (Wildman–Crippen MR) is 148 cm³/mol. The van der Waals surface area contributed by atoms with E-state index >= 15 is 0 Å². The Kier molecular flexibility index (Phi) is 24.9. The van der Waals surface area contributed by atoms with Gasteiger partial charge in [-0.1, -0.05) is 83.8 Å². The van der Waals surface area contributed by atoms with Crippen LogP contribution in [0.1, 0.15) is 149 Å². The molecule has 0 aromatic carbocycles. The lowest BCUT2D eigenvalue weighted by atomic mass is 10.0. The van der Waals surface area contributed by atoms with Crippen molar-refractivity contribution in [2.75, 3.05) is 6.54 Å². The minimum atomic E-state index is -1.03. The summed E-state index contributed by atoms with van der Waals surface area (Å²) in [6.45, 7) is 4.10. The largest absolute Gasteiger partial charge is 0.480 e. The second-order valence-electron chi connectivity index (χ2n) is 10.0. The maximum absolute atomic E-state index is 12.4. The van der Waals surface area contributed by atoms with E-state index < -0.39 is 5.97 Å². The molecule has 6 nitrogen and oxygen atoms in total. The molecule has 1 unspecified atom stereocenters. The van der Waals surface area contributed by atoms with Crippen LogP contribution >= 0.6 is 0 Å². The van der Waals surface area contributed by atoms with Gasteiger partial charge in [0.25, 0.3) is 0 Å². The van der Waals surface area contributed by atoms with Crippen LogP contribution in [-0.2, 0) is 19.1 Å². The number of carbonyl (C=O) groups is 3. The van der Waals surface area contributed by atoms with Crippen LogP contribution in [0, 0.1) is 0 Å². The van der Waals surface area contributed by atoms with Gasteiger partial charge in [-0.2, -0.15) is 0 Å². The molecule has 0 bridgehead atoms. The fourth-order valence-corrected chi connectivity index (χ4v) is 4.21. The average Bonchev–Trinajstić information content (AvgIpc) is 2.85. The Bertz CT molecular complexity index is 576. The molecule has 210 valence electrons. The van der Waals surface area contributed by atoms with Gasteiger partial charge >= 0.3 is 11.9 Å². The molecule has 0 aliphatic rings. The predicted octanol–water partition coefficient (Wildman–Crippen LogP) is 7.89. The molecule has 6 heteroatoms. The topological polar surface area (TPSA) is 92.7 Å². The molecule has 0 aliphatic carbocycles. The van der Waals surface area contributed by atoms with E-state index in [4.69, 9.17) is 9.84 Å². The van der Waals surface area contributed by atoms with Crippen LogP contribution < -0.4 is 5.32 Å². The zero-order chi connectivity index (χ0) is 26.7. The summed E-state index contributed by atoms with van der Waals surface area (Å²) in [5.41, 5.74) is 0. The van der Waals surface area contributed by atoms with Gasteiger partial charge in [-0.3, -0.25) is 14.4 Å². The zero-order valence-electron chi connectivity index (χ0n) is 23.4. The van der Waals surface area contributed by atoms with Crippen LogP contribution in [0.25, 0.3) is 0 Å². The smallest absolute Gasteiger partial charge is 0.322 e. The van der Waals surface area contributed by atoms with E-state index in [9.17, 15) is 14.4 Å². The number of nitrogens with one attached hydrogen (secondary N) is 1. The lowest BCUT2D eigenvalue weighted by molar-refractivity contribution is -0.150. The van der Waals surface area contributed by atoms with E-state index in [1.165, 1.54) is 70.6 Å². The number of aliphatic carboxylic acids is 1. The summed E-state index contributed by atoms with van der Waals surface area (Å²) in [5.74, 6) is -1.32. The van der Waals surface area contributed by atoms with Gasteiger partial charge in [0.15, 0.2) is 0 Å². The molecule has 0 spiro atoms. The Balaban J connectivity index is 3.99. The molecule has 36 heavy (non-hydrogen) atoms. The van der Waals surface area contributed by atoms with E-state index in [-0.39, 0.29) is 24.5 Å². The first-order chi connectivity index (χ1) is 17.5. The Morgan fingerprint density at radius 2 is 1.19 bits per heavy atom. The summed E-state index contributed by atoms with van der Waals surface area (Å²) in [5, 5.41) is 11.0. The molecule has 0 rings (SSSR count). The number of ether oxygens (including phenoxy) is 1. The van der Waals surface area contributed by atoms with E-state index in [2.05, 4.69) is 31.3 Å². The number of carboxylic acid groups (broad SMARTS) is 1. The van der Waals surface area contributed by atoms with Crippen molar-refractivity contribution in [1.29, 1.82) is 0 Å². The number of hydrogen-bond donors (Lipinski definition) is 2. The molecule has 0 radical (unpaired) electrons. The molecule has 0 aromatic rings. The number of hydrogen-bond acceptors (Lipinski definition) is 4. The van der Waals surface area contributed by atoms with Crippen LogP contribution in [0.3, 0.4) is 0 Å². The molecule has 0 saturated heterocycles. The number of carboxylic acids is 1. The van der Waals surface area contributed by atoms with Crippen molar-refractivity contribution in [3.63, 3.8) is 0 Å². The zero-order valence-corrected chi connectivity index (χ0v) is 23.4. The SMILES string of the molecule is CCCCC/C=C\CCCCCCCC(=O)OC(CCCCCC)CCCCCC(=O)NCC(=O)O. The lowest BCUT2D eigenvalue weighted by Crippen LogP contribution is -2.28. The first kappa shape index (κ1) is 34.1. The summed E-state index contributed by atoms with van der Waals surface area (Å²) in [6, 6.07) is 0. The first-order valence-electron chi connectivity index (χ1n) is 14.8.